The molecule has 1 amide bonds. The quantitative estimate of drug-likeness (QED) is 0.752. The molecule has 0 saturated carbocycles. The van der Waals surface area contributed by atoms with Gasteiger partial charge in [-0.1, -0.05) is 0 Å². The first-order chi connectivity index (χ1) is 9.51. The molecule has 0 aliphatic carbocycles. The van der Waals surface area contributed by atoms with Crippen molar-refractivity contribution in [1.29, 1.82) is 0 Å². The first-order valence-electron chi connectivity index (χ1n) is 5.51. The minimum Gasteiger partial charge on any atom is -0.507 e. The first kappa shape index (κ1) is 13.9. The number of nitrogens with one attached hydrogen (secondary N) is 1. The van der Waals surface area contributed by atoms with Gasteiger partial charge in [0.15, 0.2) is 0 Å². The third-order valence-corrected chi connectivity index (χ3v) is 3.43. The van der Waals surface area contributed by atoms with E-state index in [9.17, 15) is 14.7 Å². The monoisotopic (exact) mass is 293 g/mol. The summed E-state index contributed by atoms with van der Waals surface area (Å²) in [6.45, 7) is 0. The number of carbonyl (C=O) groups is 2. The summed E-state index contributed by atoms with van der Waals surface area (Å²) in [7, 11) is 1.50. The van der Waals surface area contributed by atoms with Gasteiger partial charge in [0.05, 0.1) is 12.0 Å². The number of methoxy groups -OCH3 is 1. The predicted molar refractivity (Wildman–Crippen MR) is 73.9 cm³/mol. The number of ether oxygens (including phenoxy) is 1. The molecule has 20 heavy (non-hydrogen) atoms. The first-order valence-corrected chi connectivity index (χ1v) is 6.39. The van der Waals surface area contributed by atoms with Crippen LogP contribution in [0.25, 0.3) is 0 Å². The van der Waals surface area contributed by atoms with Crippen LogP contribution in [0.1, 0.15) is 20.0 Å². The number of aromatic carboxylic acids is 1. The lowest BCUT2D eigenvalue weighted by atomic mass is 10.2. The summed E-state index contributed by atoms with van der Waals surface area (Å²) >= 11 is 1.21. The molecule has 0 aliphatic rings. The minimum atomic E-state index is -1.27. The zero-order chi connectivity index (χ0) is 14.7. The van der Waals surface area contributed by atoms with E-state index in [1.807, 2.05) is 0 Å². The van der Waals surface area contributed by atoms with Gasteiger partial charge in [-0.25, -0.2) is 4.79 Å². The molecule has 3 N–H and O–H groups in total. The van der Waals surface area contributed by atoms with Crippen molar-refractivity contribution in [2.24, 2.45) is 0 Å². The molecule has 1 heterocycles. The minimum absolute atomic E-state index is 0.272. The van der Waals surface area contributed by atoms with Gasteiger partial charge in [-0.3, -0.25) is 4.79 Å². The molecule has 2 rings (SSSR count). The molecular weight excluding hydrogens is 282 g/mol. The van der Waals surface area contributed by atoms with E-state index in [-0.39, 0.29) is 22.9 Å². The Morgan fingerprint density at radius 3 is 2.65 bits per heavy atom. The summed E-state index contributed by atoms with van der Waals surface area (Å²) in [4.78, 5) is 23.3. The smallest absolute Gasteiger partial charge is 0.339 e. The zero-order valence-electron chi connectivity index (χ0n) is 10.4. The van der Waals surface area contributed by atoms with Gasteiger partial charge >= 0.3 is 5.97 Å². The van der Waals surface area contributed by atoms with E-state index in [4.69, 9.17) is 9.84 Å². The average Bonchev–Trinajstić information content (AvgIpc) is 2.89. The summed E-state index contributed by atoms with van der Waals surface area (Å²) in [5, 5.41) is 22.5. The maximum absolute atomic E-state index is 11.9. The molecule has 0 aliphatic heterocycles. The van der Waals surface area contributed by atoms with Crippen molar-refractivity contribution >= 4 is 28.9 Å². The number of phenols is 1. The Hall–Kier alpha value is -2.54. The Morgan fingerprint density at radius 2 is 2.05 bits per heavy atom. The van der Waals surface area contributed by atoms with Crippen LogP contribution in [0, 0.1) is 0 Å². The second-order valence-electron chi connectivity index (χ2n) is 3.84. The Balaban J connectivity index is 2.19. The third kappa shape index (κ3) is 2.89. The fraction of sp³-hybridized carbons (Fsp3) is 0.0769. The van der Waals surface area contributed by atoms with Gasteiger partial charge < -0.3 is 20.3 Å². The molecule has 0 fully saturated rings. The van der Waals surface area contributed by atoms with Crippen LogP contribution < -0.4 is 10.1 Å². The number of anilines is 1. The highest BCUT2D eigenvalue weighted by Gasteiger charge is 2.13. The highest BCUT2D eigenvalue weighted by Crippen LogP contribution is 2.24. The van der Waals surface area contributed by atoms with Gasteiger partial charge in [-0.05, 0) is 18.2 Å². The summed E-state index contributed by atoms with van der Waals surface area (Å²) in [5.41, 5.74) is 0.0177. The Bertz CT molecular complexity index is 665. The number of aromatic hydroxyl groups is 1. The number of hydrogen-bond acceptors (Lipinski definition) is 5. The van der Waals surface area contributed by atoms with Gasteiger partial charge in [-0.15, -0.1) is 11.3 Å². The normalized spacial score (nSPS) is 10.1. The number of rotatable bonds is 4. The molecule has 0 bridgehead atoms. The molecule has 0 atom stereocenters. The van der Waals surface area contributed by atoms with Crippen LogP contribution in [-0.2, 0) is 0 Å². The molecule has 1 aromatic heterocycles. The fourth-order valence-corrected chi connectivity index (χ4v) is 2.27. The SMILES string of the molecule is COc1csc(C(=O)Nc2ccc(O)c(C(=O)O)c2)c1. The van der Waals surface area contributed by atoms with Gasteiger partial charge in [0.25, 0.3) is 5.91 Å². The molecule has 1 aromatic carbocycles. The number of carbonyl (C=O) groups excluding carboxylic acids is 1. The van der Waals surface area contributed by atoms with Crippen LogP contribution in [0.5, 0.6) is 11.5 Å². The zero-order valence-corrected chi connectivity index (χ0v) is 11.2. The fourth-order valence-electron chi connectivity index (χ4n) is 1.52. The average molecular weight is 293 g/mol. The van der Waals surface area contributed by atoms with E-state index < -0.39 is 5.97 Å². The number of benzene rings is 1. The molecule has 6 nitrogen and oxygen atoms in total. The van der Waals surface area contributed by atoms with E-state index in [2.05, 4.69) is 5.32 Å². The van der Waals surface area contributed by atoms with Crippen LogP contribution in [0.2, 0.25) is 0 Å². The van der Waals surface area contributed by atoms with Crippen LogP contribution >= 0.6 is 11.3 Å². The second-order valence-corrected chi connectivity index (χ2v) is 4.75. The van der Waals surface area contributed by atoms with Crippen molar-refractivity contribution in [2.45, 2.75) is 0 Å². The lowest BCUT2D eigenvalue weighted by Crippen LogP contribution is -2.10. The maximum Gasteiger partial charge on any atom is 0.339 e. The molecule has 0 unspecified atom stereocenters. The summed E-state index contributed by atoms with van der Waals surface area (Å²) in [5.74, 6) is -1.41. The second kappa shape index (κ2) is 5.62. The number of carboxylic acids is 1. The standard InChI is InChI=1S/C13H11NO5S/c1-19-8-5-11(20-6-8)12(16)14-7-2-3-10(15)9(4-7)13(17)18/h2-6,15H,1H3,(H,14,16)(H,17,18). The Morgan fingerprint density at radius 1 is 1.30 bits per heavy atom. The van der Waals surface area contributed by atoms with Crippen LogP contribution in [0.3, 0.4) is 0 Å². The summed E-state index contributed by atoms with van der Waals surface area (Å²) in [6, 6.07) is 5.41. The summed E-state index contributed by atoms with van der Waals surface area (Å²) in [6.07, 6.45) is 0. The molecule has 104 valence electrons. The Kier molecular flexibility index (Phi) is 3.90. The van der Waals surface area contributed by atoms with E-state index in [0.717, 1.165) is 0 Å². The van der Waals surface area contributed by atoms with Crippen molar-refractivity contribution in [3.8, 4) is 11.5 Å². The number of amides is 1. The highest BCUT2D eigenvalue weighted by molar-refractivity contribution is 7.12. The van der Waals surface area contributed by atoms with Gasteiger partial charge in [0.1, 0.15) is 17.1 Å². The van der Waals surface area contributed by atoms with Crippen LogP contribution in [0.4, 0.5) is 5.69 Å². The van der Waals surface area contributed by atoms with Gasteiger partial charge in [0, 0.05) is 17.1 Å². The van der Waals surface area contributed by atoms with Gasteiger partial charge in [0.2, 0.25) is 0 Å². The lowest BCUT2D eigenvalue weighted by molar-refractivity contribution is 0.0693. The largest absolute Gasteiger partial charge is 0.507 e. The van der Waals surface area contributed by atoms with Crippen LogP contribution in [0.15, 0.2) is 29.6 Å². The van der Waals surface area contributed by atoms with E-state index in [1.54, 1.807) is 11.4 Å². The van der Waals surface area contributed by atoms with E-state index in [1.165, 1.54) is 36.6 Å². The lowest BCUT2D eigenvalue weighted by Gasteiger charge is -2.06. The molecular formula is C13H11NO5S. The summed E-state index contributed by atoms with van der Waals surface area (Å²) < 4.78 is 4.98. The molecule has 2 aromatic rings. The van der Waals surface area contributed by atoms with Crippen molar-refractivity contribution in [3.05, 3.63) is 40.1 Å². The highest BCUT2D eigenvalue weighted by atomic mass is 32.1. The Labute approximate surface area is 118 Å². The topological polar surface area (TPSA) is 95.9 Å². The number of carboxylic acid groups (broad SMARTS) is 1. The van der Waals surface area contributed by atoms with Gasteiger partial charge in [-0.2, -0.15) is 0 Å². The van der Waals surface area contributed by atoms with Crippen molar-refractivity contribution in [2.75, 3.05) is 12.4 Å². The molecule has 0 spiro atoms. The third-order valence-electron chi connectivity index (χ3n) is 2.52. The van der Waals surface area contributed by atoms with Crippen molar-refractivity contribution < 1.29 is 24.5 Å². The predicted octanol–water partition coefficient (Wildman–Crippen LogP) is 2.41. The van der Waals surface area contributed by atoms with Crippen molar-refractivity contribution in [1.82, 2.24) is 0 Å². The molecule has 0 saturated heterocycles. The number of hydrogen-bond donors (Lipinski definition) is 3. The van der Waals surface area contributed by atoms with Crippen LogP contribution in [-0.4, -0.2) is 29.2 Å². The maximum atomic E-state index is 11.9. The molecule has 0 radical (unpaired) electrons. The van der Waals surface area contributed by atoms with Crippen molar-refractivity contribution in [3.63, 3.8) is 0 Å². The van der Waals surface area contributed by atoms with E-state index in [0.29, 0.717) is 10.6 Å². The molecule has 7 heteroatoms. The number of thiophene rings is 1. The van der Waals surface area contributed by atoms with E-state index >= 15 is 0 Å².